The Morgan fingerprint density at radius 1 is 1.20 bits per heavy atom. The Morgan fingerprint density at radius 3 is 2.55 bits per heavy atom. The zero-order valence-corrected chi connectivity index (χ0v) is 12.0. The Balaban J connectivity index is 1.77. The van der Waals surface area contributed by atoms with Gasteiger partial charge in [0, 0.05) is 39.3 Å². The fourth-order valence-electron chi connectivity index (χ4n) is 2.59. The molecule has 2 fully saturated rings. The third kappa shape index (κ3) is 4.43. The summed E-state index contributed by atoms with van der Waals surface area (Å²) in [6.45, 7) is 5.45. The minimum Gasteiger partial charge on any atom is -0.481 e. The van der Waals surface area contributed by atoms with E-state index in [0.717, 1.165) is 26.2 Å². The van der Waals surface area contributed by atoms with Gasteiger partial charge in [0.05, 0.1) is 25.7 Å². The van der Waals surface area contributed by atoms with Crippen LogP contribution >= 0.6 is 0 Å². The van der Waals surface area contributed by atoms with Gasteiger partial charge in [0.2, 0.25) is 5.91 Å². The molecule has 0 aromatic heterocycles. The normalized spacial score (nSPS) is 25.6. The highest BCUT2D eigenvalue weighted by Gasteiger charge is 2.26. The largest absolute Gasteiger partial charge is 0.481 e. The van der Waals surface area contributed by atoms with Gasteiger partial charge < -0.3 is 19.6 Å². The molecule has 0 saturated carbocycles. The molecular formula is C13H23N3O4. The Kier molecular flexibility index (Phi) is 5.33. The summed E-state index contributed by atoms with van der Waals surface area (Å²) in [5, 5.41) is 8.78. The number of aliphatic carboxylic acids is 1. The number of hydrogen-bond acceptors (Lipinski definition) is 5. The lowest BCUT2D eigenvalue weighted by Crippen LogP contribution is -2.52. The van der Waals surface area contributed by atoms with Crippen molar-refractivity contribution in [1.82, 2.24) is 14.7 Å². The van der Waals surface area contributed by atoms with Crippen molar-refractivity contribution in [3.05, 3.63) is 0 Å². The molecule has 2 aliphatic rings. The van der Waals surface area contributed by atoms with Crippen molar-refractivity contribution in [1.29, 1.82) is 0 Å². The van der Waals surface area contributed by atoms with E-state index < -0.39 is 5.97 Å². The fraction of sp³-hybridized carbons (Fsp3) is 0.846. The van der Waals surface area contributed by atoms with Gasteiger partial charge in [-0.05, 0) is 7.05 Å². The van der Waals surface area contributed by atoms with Gasteiger partial charge in [-0.2, -0.15) is 0 Å². The fourth-order valence-corrected chi connectivity index (χ4v) is 2.59. The second-order valence-electron chi connectivity index (χ2n) is 5.51. The predicted octanol–water partition coefficient (Wildman–Crippen LogP) is -1.06. The Morgan fingerprint density at radius 2 is 1.90 bits per heavy atom. The van der Waals surface area contributed by atoms with Crippen LogP contribution < -0.4 is 0 Å². The molecule has 0 aromatic carbocycles. The van der Waals surface area contributed by atoms with Crippen LogP contribution in [-0.2, 0) is 14.3 Å². The minimum atomic E-state index is -0.859. The van der Waals surface area contributed by atoms with Crippen LogP contribution in [0.1, 0.15) is 6.42 Å². The van der Waals surface area contributed by atoms with E-state index in [4.69, 9.17) is 9.84 Å². The van der Waals surface area contributed by atoms with Crippen molar-refractivity contribution in [2.24, 2.45) is 0 Å². The zero-order chi connectivity index (χ0) is 14.5. The SMILES string of the molecule is CN1CCN(C(=O)CN2CCOC(CC(=O)O)C2)CC1. The van der Waals surface area contributed by atoms with Crippen molar-refractivity contribution in [3.63, 3.8) is 0 Å². The molecule has 1 N–H and O–H groups in total. The molecule has 2 saturated heterocycles. The summed E-state index contributed by atoms with van der Waals surface area (Å²) in [4.78, 5) is 29.0. The lowest BCUT2D eigenvalue weighted by Gasteiger charge is -2.36. The van der Waals surface area contributed by atoms with Crippen LogP contribution in [-0.4, -0.2) is 97.3 Å². The van der Waals surface area contributed by atoms with Gasteiger partial charge in [-0.25, -0.2) is 0 Å². The Bertz CT molecular complexity index is 356. The molecule has 20 heavy (non-hydrogen) atoms. The molecule has 1 atom stereocenters. The number of morpholine rings is 1. The van der Waals surface area contributed by atoms with E-state index in [1.807, 2.05) is 9.80 Å². The number of carboxylic acids is 1. The average molecular weight is 285 g/mol. The van der Waals surface area contributed by atoms with E-state index in [-0.39, 0.29) is 18.4 Å². The maximum atomic E-state index is 12.2. The minimum absolute atomic E-state index is 0.000794. The summed E-state index contributed by atoms with van der Waals surface area (Å²) in [6.07, 6.45) is -0.305. The van der Waals surface area contributed by atoms with E-state index >= 15 is 0 Å². The molecule has 0 spiro atoms. The lowest BCUT2D eigenvalue weighted by atomic mass is 10.2. The van der Waals surface area contributed by atoms with Crippen molar-refractivity contribution in [2.75, 3.05) is 59.5 Å². The average Bonchev–Trinajstić information content (AvgIpc) is 2.39. The quantitative estimate of drug-likeness (QED) is 0.709. The Labute approximate surface area is 119 Å². The number of piperazine rings is 1. The van der Waals surface area contributed by atoms with Crippen LogP contribution in [0.2, 0.25) is 0 Å². The first kappa shape index (κ1) is 15.2. The third-order valence-electron chi connectivity index (χ3n) is 3.84. The second-order valence-corrected chi connectivity index (χ2v) is 5.51. The summed E-state index contributed by atoms with van der Waals surface area (Å²) in [5.74, 6) is -0.726. The molecule has 0 aliphatic carbocycles. The van der Waals surface area contributed by atoms with Gasteiger partial charge in [-0.1, -0.05) is 0 Å². The standard InChI is InChI=1S/C13H23N3O4/c1-14-2-4-16(5-3-14)12(17)10-15-6-7-20-11(9-15)8-13(18)19/h11H,2-10H2,1H3,(H,18,19). The van der Waals surface area contributed by atoms with Crippen molar-refractivity contribution in [2.45, 2.75) is 12.5 Å². The number of likely N-dealkylation sites (N-methyl/N-ethyl adjacent to an activating group) is 1. The predicted molar refractivity (Wildman–Crippen MR) is 72.5 cm³/mol. The summed E-state index contributed by atoms with van der Waals surface area (Å²) in [6, 6.07) is 0. The topological polar surface area (TPSA) is 73.3 Å². The highest BCUT2D eigenvalue weighted by atomic mass is 16.5. The van der Waals surface area contributed by atoms with Crippen LogP contribution in [0.5, 0.6) is 0 Å². The number of carbonyl (C=O) groups is 2. The molecule has 2 rings (SSSR count). The van der Waals surface area contributed by atoms with Crippen molar-refractivity contribution in [3.8, 4) is 0 Å². The monoisotopic (exact) mass is 285 g/mol. The van der Waals surface area contributed by atoms with E-state index in [0.29, 0.717) is 26.2 Å². The Hall–Kier alpha value is -1.18. The van der Waals surface area contributed by atoms with E-state index in [2.05, 4.69) is 11.9 Å². The number of nitrogens with zero attached hydrogens (tertiary/aromatic N) is 3. The molecule has 0 radical (unpaired) electrons. The summed E-state index contributed by atoms with van der Waals surface area (Å²) < 4.78 is 5.41. The highest BCUT2D eigenvalue weighted by Crippen LogP contribution is 2.09. The van der Waals surface area contributed by atoms with Crippen LogP contribution in [0, 0.1) is 0 Å². The number of ether oxygens (including phenoxy) is 1. The number of carbonyl (C=O) groups excluding carboxylic acids is 1. The molecule has 2 heterocycles. The number of hydrogen-bond donors (Lipinski definition) is 1. The lowest BCUT2D eigenvalue weighted by molar-refractivity contribution is -0.143. The molecule has 0 aromatic rings. The van der Waals surface area contributed by atoms with E-state index in [1.54, 1.807) is 0 Å². The highest BCUT2D eigenvalue weighted by molar-refractivity contribution is 5.78. The molecule has 0 bridgehead atoms. The zero-order valence-electron chi connectivity index (χ0n) is 12.0. The van der Waals surface area contributed by atoms with Gasteiger partial charge in [-0.3, -0.25) is 14.5 Å². The van der Waals surface area contributed by atoms with Gasteiger partial charge >= 0.3 is 5.97 Å². The van der Waals surface area contributed by atoms with Crippen LogP contribution in [0.3, 0.4) is 0 Å². The summed E-state index contributed by atoms with van der Waals surface area (Å²) >= 11 is 0. The number of amides is 1. The first-order valence-corrected chi connectivity index (χ1v) is 7.06. The van der Waals surface area contributed by atoms with Crippen LogP contribution in [0.15, 0.2) is 0 Å². The smallest absolute Gasteiger partial charge is 0.306 e. The second kappa shape index (κ2) is 7.01. The summed E-state index contributed by atoms with van der Waals surface area (Å²) in [7, 11) is 2.06. The molecule has 7 nitrogen and oxygen atoms in total. The van der Waals surface area contributed by atoms with Gasteiger partial charge in [0.15, 0.2) is 0 Å². The molecule has 7 heteroatoms. The first-order chi connectivity index (χ1) is 9.54. The van der Waals surface area contributed by atoms with Gasteiger partial charge in [0.1, 0.15) is 0 Å². The van der Waals surface area contributed by atoms with E-state index in [1.165, 1.54) is 0 Å². The molecule has 114 valence electrons. The van der Waals surface area contributed by atoms with Crippen LogP contribution in [0.4, 0.5) is 0 Å². The van der Waals surface area contributed by atoms with Crippen LogP contribution in [0.25, 0.3) is 0 Å². The summed E-state index contributed by atoms with van der Waals surface area (Å²) in [5.41, 5.74) is 0. The van der Waals surface area contributed by atoms with Crippen molar-refractivity contribution < 1.29 is 19.4 Å². The maximum absolute atomic E-state index is 12.2. The maximum Gasteiger partial charge on any atom is 0.306 e. The molecule has 1 unspecified atom stereocenters. The third-order valence-corrected chi connectivity index (χ3v) is 3.84. The van der Waals surface area contributed by atoms with E-state index in [9.17, 15) is 9.59 Å². The van der Waals surface area contributed by atoms with Crippen molar-refractivity contribution >= 4 is 11.9 Å². The molecule has 1 amide bonds. The molecule has 2 aliphatic heterocycles. The number of carboxylic acid groups (broad SMARTS) is 1. The first-order valence-electron chi connectivity index (χ1n) is 7.06. The van der Waals surface area contributed by atoms with Gasteiger partial charge in [-0.15, -0.1) is 0 Å². The number of rotatable bonds is 4. The van der Waals surface area contributed by atoms with Gasteiger partial charge in [0.25, 0.3) is 0 Å². The molecular weight excluding hydrogens is 262 g/mol.